The monoisotopic (exact) mass is 461 g/mol. The van der Waals surface area contributed by atoms with Gasteiger partial charge in [-0.3, -0.25) is 9.59 Å². The Morgan fingerprint density at radius 1 is 1.12 bits per heavy atom. The minimum atomic E-state index is -0.272. The van der Waals surface area contributed by atoms with Gasteiger partial charge in [0, 0.05) is 46.7 Å². The molecule has 33 heavy (non-hydrogen) atoms. The van der Waals surface area contributed by atoms with Crippen molar-refractivity contribution in [2.45, 2.75) is 33.7 Å². The molecule has 0 spiro atoms. The van der Waals surface area contributed by atoms with E-state index in [9.17, 15) is 9.59 Å². The van der Waals surface area contributed by atoms with E-state index in [0.717, 1.165) is 16.1 Å². The molecule has 2 amide bonds. The molecule has 0 unspecified atom stereocenters. The highest BCUT2D eigenvalue weighted by atomic mass is 32.1. The molecule has 0 aliphatic rings. The van der Waals surface area contributed by atoms with Crippen LogP contribution in [0, 0.1) is 13.8 Å². The Hall–Kier alpha value is -3.52. The van der Waals surface area contributed by atoms with Crippen LogP contribution in [0.2, 0.25) is 0 Å². The minimum absolute atomic E-state index is 0.0974. The number of carbonyl (C=O) groups is 2. The van der Waals surface area contributed by atoms with E-state index < -0.39 is 0 Å². The van der Waals surface area contributed by atoms with E-state index in [-0.39, 0.29) is 17.9 Å². The maximum Gasteiger partial charge on any atom is 0.256 e. The Kier molecular flexibility index (Phi) is 6.03. The fourth-order valence-electron chi connectivity index (χ4n) is 3.79. The second-order valence-electron chi connectivity index (χ2n) is 8.54. The molecule has 0 bridgehead atoms. The summed E-state index contributed by atoms with van der Waals surface area (Å²) in [4.78, 5) is 34.5. The Bertz CT molecular complexity index is 1370. The number of amides is 2. The van der Waals surface area contributed by atoms with E-state index in [0.29, 0.717) is 27.8 Å². The van der Waals surface area contributed by atoms with Crippen molar-refractivity contribution < 1.29 is 9.59 Å². The van der Waals surface area contributed by atoms with Crippen molar-refractivity contribution >= 4 is 39.9 Å². The molecule has 0 fully saturated rings. The first-order chi connectivity index (χ1) is 15.7. The van der Waals surface area contributed by atoms with Crippen molar-refractivity contribution in [2.75, 3.05) is 19.4 Å². The number of hydrogen-bond donors (Lipinski definition) is 1. The summed E-state index contributed by atoms with van der Waals surface area (Å²) < 4.78 is 1.83. The smallest absolute Gasteiger partial charge is 0.256 e. The van der Waals surface area contributed by atoms with Crippen LogP contribution < -0.4 is 5.32 Å². The first-order valence-corrected chi connectivity index (χ1v) is 11.6. The molecule has 0 saturated heterocycles. The van der Waals surface area contributed by atoms with Crippen LogP contribution in [0.4, 0.5) is 5.69 Å². The number of aryl methyl sites for hydroxylation is 2. The van der Waals surface area contributed by atoms with Crippen LogP contribution in [0.25, 0.3) is 22.3 Å². The predicted molar refractivity (Wildman–Crippen MR) is 133 cm³/mol. The summed E-state index contributed by atoms with van der Waals surface area (Å²) in [5, 5.41) is 8.13. The van der Waals surface area contributed by atoms with Gasteiger partial charge in [-0.15, -0.1) is 11.3 Å². The molecule has 3 aromatic heterocycles. The maximum atomic E-state index is 13.4. The van der Waals surface area contributed by atoms with Crippen LogP contribution >= 0.6 is 11.3 Å². The van der Waals surface area contributed by atoms with E-state index >= 15 is 0 Å². The molecule has 8 heteroatoms. The topological polar surface area (TPSA) is 80.1 Å². The second-order valence-corrected chi connectivity index (χ2v) is 10.00. The first-order valence-electron chi connectivity index (χ1n) is 10.7. The molecule has 170 valence electrons. The van der Waals surface area contributed by atoms with E-state index in [1.165, 1.54) is 9.78 Å². The van der Waals surface area contributed by atoms with E-state index in [4.69, 9.17) is 4.98 Å². The van der Waals surface area contributed by atoms with Gasteiger partial charge in [0.1, 0.15) is 0 Å². The predicted octanol–water partition coefficient (Wildman–Crippen LogP) is 5.31. The Balaban J connectivity index is 1.80. The van der Waals surface area contributed by atoms with Gasteiger partial charge in [0.15, 0.2) is 5.65 Å². The third-order valence-electron chi connectivity index (χ3n) is 5.39. The lowest BCUT2D eigenvalue weighted by atomic mass is 10.1. The Morgan fingerprint density at radius 2 is 1.88 bits per heavy atom. The molecular formula is C25H27N5O2S. The number of aromatic nitrogens is 3. The molecule has 3 heterocycles. The van der Waals surface area contributed by atoms with Crippen molar-refractivity contribution in [3.05, 3.63) is 63.5 Å². The number of hydrogen-bond acceptors (Lipinski definition) is 5. The van der Waals surface area contributed by atoms with Crippen LogP contribution in [0.5, 0.6) is 0 Å². The number of pyridine rings is 1. The highest BCUT2D eigenvalue weighted by Crippen LogP contribution is 2.32. The second kappa shape index (κ2) is 8.78. The van der Waals surface area contributed by atoms with Crippen LogP contribution in [-0.4, -0.2) is 45.6 Å². The zero-order valence-corrected chi connectivity index (χ0v) is 20.4. The lowest BCUT2D eigenvalue weighted by molar-refractivity contribution is 0.0827. The van der Waals surface area contributed by atoms with Crippen molar-refractivity contribution in [1.29, 1.82) is 0 Å². The normalized spacial score (nSPS) is 11.2. The fourth-order valence-corrected chi connectivity index (χ4v) is 4.73. The van der Waals surface area contributed by atoms with Gasteiger partial charge in [-0.2, -0.15) is 5.10 Å². The van der Waals surface area contributed by atoms with Gasteiger partial charge in [0.25, 0.3) is 11.8 Å². The number of anilines is 1. The van der Waals surface area contributed by atoms with Gasteiger partial charge in [0.05, 0.1) is 22.8 Å². The summed E-state index contributed by atoms with van der Waals surface area (Å²) in [5.41, 5.74) is 3.99. The molecule has 0 aliphatic carbocycles. The SMILES string of the molecule is Cc1cc(-c2cc(C(=O)Nc3cccc(C(=O)N(C)C)c3)c3cnn(C(C)C)c3n2)c(C)s1. The van der Waals surface area contributed by atoms with Crippen LogP contribution in [0.3, 0.4) is 0 Å². The van der Waals surface area contributed by atoms with Gasteiger partial charge in [-0.25, -0.2) is 9.67 Å². The maximum absolute atomic E-state index is 13.4. The number of nitrogens with zero attached hydrogens (tertiary/aromatic N) is 4. The standard InChI is InChI=1S/C25H27N5O2S/c1-14(2)30-23-21(13-26-30)20(12-22(28-23)19-10-15(3)33-16(19)4)24(31)27-18-9-7-8-17(11-18)25(32)29(5)6/h7-14H,1-6H3,(H,27,31). The lowest BCUT2D eigenvalue weighted by Crippen LogP contribution is -2.22. The first kappa shape index (κ1) is 22.7. The number of fused-ring (bicyclic) bond motifs is 1. The number of carbonyl (C=O) groups excluding carboxylic acids is 2. The van der Waals surface area contributed by atoms with Crippen molar-refractivity contribution in [2.24, 2.45) is 0 Å². The zero-order chi connectivity index (χ0) is 23.9. The fraction of sp³-hybridized carbons (Fsp3) is 0.280. The quantitative estimate of drug-likeness (QED) is 0.437. The summed E-state index contributed by atoms with van der Waals surface area (Å²) in [5.74, 6) is -0.396. The molecule has 1 N–H and O–H groups in total. The average Bonchev–Trinajstić information content (AvgIpc) is 3.34. The summed E-state index contributed by atoms with van der Waals surface area (Å²) in [6.07, 6.45) is 1.69. The lowest BCUT2D eigenvalue weighted by Gasteiger charge is -2.13. The molecule has 1 aromatic carbocycles. The number of benzene rings is 1. The largest absolute Gasteiger partial charge is 0.345 e. The molecule has 0 saturated carbocycles. The van der Waals surface area contributed by atoms with Gasteiger partial charge >= 0.3 is 0 Å². The minimum Gasteiger partial charge on any atom is -0.345 e. The third-order valence-corrected chi connectivity index (χ3v) is 6.36. The molecule has 4 rings (SSSR count). The van der Waals surface area contributed by atoms with Crippen molar-refractivity contribution in [1.82, 2.24) is 19.7 Å². The highest BCUT2D eigenvalue weighted by Gasteiger charge is 2.20. The Labute approximate surface area is 197 Å². The molecule has 0 aliphatic heterocycles. The van der Waals surface area contributed by atoms with E-state index in [1.54, 1.807) is 55.9 Å². The van der Waals surface area contributed by atoms with E-state index in [2.05, 4.69) is 30.3 Å². The van der Waals surface area contributed by atoms with Crippen LogP contribution in [0.15, 0.2) is 42.6 Å². The molecule has 0 radical (unpaired) electrons. The zero-order valence-electron chi connectivity index (χ0n) is 19.6. The number of rotatable bonds is 5. The average molecular weight is 462 g/mol. The molecular weight excluding hydrogens is 434 g/mol. The highest BCUT2D eigenvalue weighted by molar-refractivity contribution is 7.12. The van der Waals surface area contributed by atoms with Gasteiger partial charge in [-0.1, -0.05) is 6.07 Å². The van der Waals surface area contributed by atoms with Crippen LogP contribution in [0.1, 0.15) is 50.4 Å². The summed E-state index contributed by atoms with van der Waals surface area (Å²) in [6.45, 7) is 8.20. The van der Waals surface area contributed by atoms with Crippen molar-refractivity contribution in [3.63, 3.8) is 0 Å². The Morgan fingerprint density at radius 3 is 2.52 bits per heavy atom. The van der Waals surface area contributed by atoms with Gasteiger partial charge in [-0.05, 0) is 58.0 Å². The van der Waals surface area contributed by atoms with E-state index in [1.807, 2.05) is 24.6 Å². The van der Waals surface area contributed by atoms with Gasteiger partial charge < -0.3 is 10.2 Å². The van der Waals surface area contributed by atoms with Crippen LogP contribution in [-0.2, 0) is 0 Å². The number of nitrogens with one attached hydrogen (secondary N) is 1. The third kappa shape index (κ3) is 4.39. The molecule has 4 aromatic rings. The number of thiophene rings is 1. The van der Waals surface area contributed by atoms with Crippen molar-refractivity contribution in [3.8, 4) is 11.3 Å². The summed E-state index contributed by atoms with van der Waals surface area (Å²) in [7, 11) is 3.40. The summed E-state index contributed by atoms with van der Waals surface area (Å²) in [6, 6.07) is 11.0. The molecule has 0 atom stereocenters. The molecule has 7 nitrogen and oxygen atoms in total. The summed E-state index contributed by atoms with van der Waals surface area (Å²) >= 11 is 1.71. The van der Waals surface area contributed by atoms with Gasteiger partial charge in [0.2, 0.25) is 0 Å².